The van der Waals surface area contributed by atoms with Gasteiger partial charge in [0.2, 0.25) is 0 Å². The molecule has 4 rings (SSSR count). The Morgan fingerprint density at radius 3 is 2.55 bits per heavy atom. The standard InChI is InChI=1S/C17H16ClFN4O2S.CH2O2/c18-16-5-4-14-17(21-16)15(22-8-6-20-7-9-22)11-23(14)26(24,25)13-3-1-2-12(19)10-13;2-1-3/h1-5,10-11,20H,6-9H2;1H,(H,2,3). The first-order valence-electron chi connectivity index (χ1n) is 8.60. The van der Waals surface area contributed by atoms with E-state index in [-0.39, 0.29) is 16.5 Å². The summed E-state index contributed by atoms with van der Waals surface area (Å²) in [5.74, 6) is -0.606. The highest BCUT2D eigenvalue weighted by Crippen LogP contribution is 2.32. The normalized spacial score (nSPS) is 14.3. The van der Waals surface area contributed by atoms with Crippen LogP contribution in [0.25, 0.3) is 11.0 Å². The van der Waals surface area contributed by atoms with E-state index in [0.717, 1.165) is 36.2 Å². The third-order valence-corrected chi connectivity index (χ3v) is 6.25. The molecule has 0 atom stereocenters. The van der Waals surface area contributed by atoms with Crippen molar-refractivity contribution in [1.29, 1.82) is 0 Å². The predicted octanol–water partition coefficient (Wildman–Crippen LogP) is 2.18. The maximum atomic E-state index is 13.6. The van der Waals surface area contributed by atoms with E-state index in [4.69, 9.17) is 21.5 Å². The molecule has 0 aliphatic carbocycles. The average molecular weight is 441 g/mol. The number of fused-ring (bicyclic) bond motifs is 1. The van der Waals surface area contributed by atoms with Crippen LogP contribution in [-0.4, -0.2) is 55.1 Å². The quantitative estimate of drug-likeness (QED) is 0.475. The molecule has 0 bridgehead atoms. The van der Waals surface area contributed by atoms with Gasteiger partial charge in [0.25, 0.3) is 16.5 Å². The van der Waals surface area contributed by atoms with E-state index in [1.165, 1.54) is 18.2 Å². The predicted molar refractivity (Wildman–Crippen MR) is 108 cm³/mol. The molecule has 0 radical (unpaired) electrons. The van der Waals surface area contributed by atoms with Crippen LogP contribution in [0.5, 0.6) is 0 Å². The first-order chi connectivity index (χ1) is 13.9. The number of nitrogens with one attached hydrogen (secondary N) is 1. The zero-order valence-corrected chi connectivity index (χ0v) is 16.7. The smallest absolute Gasteiger partial charge is 0.290 e. The minimum absolute atomic E-state index is 0.115. The monoisotopic (exact) mass is 440 g/mol. The summed E-state index contributed by atoms with van der Waals surface area (Å²) in [5.41, 5.74) is 1.62. The van der Waals surface area contributed by atoms with Crippen LogP contribution in [0.1, 0.15) is 0 Å². The van der Waals surface area contributed by atoms with Gasteiger partial charge in [0.05, 0.1) is 16.1 Å². The summed E-state index contributed by atoms with van der Waals surface area (Å²) < 4.78 is 40.9. The zero-order valence-electron chi connectivity index (χ0n) is 15.1. The number of nitrogens with zero attached hydrogens (tertiary/aromatic N) is 3. The Morgan fingerprint density at radius 2 is 1.90 bits per heavy atom. The Balaban J connectivity index is 0.000000755. The fourth-order valence-electron chi connectivity index (χ4n) is 3.11. The molecule has 3 heterocycles. The summed E-state index contributed by atoms with van der Waals surface area (Å²) in [4.78, 5) is 14.7. The summed E-state index contributed by atoms with van der Waals surface area (Å²) in [6, 6.07) is 8.13. The van der Waals surface area contributed by atoms with E-state index < -0.39 is 15.8 Å². The van der Waals surface area contributed by atoms with Gasteiger partial charge in [-0.2, -0.15) is 0 Å². The summed E-state index contributed by atoms with van der Waals surface area (Å²) >= 11 is 6.04. The van der Waals surface area contributed by atoms with Crippen LogP contribution < -0.4 is 10.2 Å². The van der Waals surface area contributed by atoms with Gasteiger partial charge in [-0.05, 0) is 30.3 Å². The Bertz CT molecular complexity index is 1130. The highest BCUT2D eigenvalue weighted by atomic mass is 35.5. The molecule has 1 aliphatic rings. The largest absolute Gasteiger partial charge is 0.483 e. The van der Waals surface area contributed by atoms with Crippen LogP contribution in [0.15, 0.2) is 47.5 Å². The lowest BCUT2D eigenvalue weighted by Gasteiger charge is -2.28. The minimum atomic E-state index is -3.97. The van der Waals surface area contributed by atoms with Gasteiger partial charge in [-0.3, -0.25) is 4.79 Å². The van der Waals surface area contributed by atoms with Gasteiger partial charge in [0, 0.05) is 32.4 Å². The Hall–Kier alpha value is -2.69. The fraction of sp³-hybridized carbons (Fsp3) is 0.222. The number of benzene rings is 1. The van der Waals surface area contributed by atoms with Crippen molar-refractivity contribution in [2.45, 2.75) is 4.90 Å². The second kappa shape index (κ2) is 8.76. The molecule has 154 valence electrons. The lowest BCUT2D eigenvalue weighted by Crippen LogP contribution is -2.43. The molecule has 0 unspecified atom stereocenters. The second-order valence-corrected chi connectivity index (χ2v) is 8.32. The van der Waals surface area contributed by atoms with Gasteiger partial charge in [-0.25, -0.2) is 21.8 Å². The molecule has 2 N–H and O–H groups in total. The molecule has 1 fully saturated rings. The number of carboxylic acid groups (broad SMARTS) is 1. The molecule has 0 saturated carbocycles. The molecule has 0 spiro atoms. The number of halogens is 2. The van der Waals surface area contributed by atoms with Gasteiger partial charge in [-0.1, -0.05) is 17.7 Å². The number of carbonyl (C=O) groups is 1. The van der Waals surface area contributed by atoms with Crippen molar-refractivity contribution in [2.24, 2.45) is 0 Å². The van der Waals surface area contributed by atoms with Crippen LogP contribution in [0.3, 0.4) is 0 Å². The van der Waals surface area contributed by atoms with E-state index in [2.05, 4.69) is 15.2 Å². The first kappa shape index (κ1) is 21.0. The fourth-order valence-corrected chi connectivity index (χ4v) is 4.64. The first-order valence-corrected chi connectivity index (χ1v) is 10.4. The third kappa shape index (κ3) is 4.34. The maximum Gasteiger partial charge on any atom is 0.290 e. The molecule has 1 aliphatic heterocycles. The molecular weight excluding hydrogens is 423 g/mol. The van der Waals surface area contributed by atoms with Crippen molar-refractivity contribution >= 4 is 44.8 Å². The van der Waals surface area contributed by atoms with Crippen LogP contribution in [-0.2, 0) is 14.8 Å². The lowest BCUT2D eigenvalue weighted by molar-refractivity contribution is -0.122. The van der Waals surface area contributed by atoms with Crippen molar-refractivity contribution in [3.63, 3.8) is 0 Å². The number of hydrogen-bond acceptors (Lipinski definition) is 6. The lowest BCUT2D eigenvalue weighted by atomic mass is 10.3. The summed E-state index contributed by atoms with van der Waals surface area (Å²) in [6.45, 7) is 2.80. The number of rotatable bonds is 3. The number of aromatic nitrogens is 2. The van der Waals surface area contributed by atoms with E-state index in [0.29, 0.717) is 16.7 Å². The Labute approximate surface area is 171 Å². The summed E-state index contributed by atoms with van der Waals surface area (Å²) in [6.07, 6.45) is 1.54. The Kier molecular flexibility index (Phi) is 6.36. The van der Waals surface area contributed by atoms with E-state index in [1.54, 1.807) is 18.3 Å². The summed E-state index contributed by atoms with van der Waals surface area (Å²) in [7, 11) is -3.97. The van der Waals surface area contributed by atoms with Crippen LogP contribution in [0.2, 0.25) is 5.15 Å². The molecule has 2 aromatic heterocycles. The molecule has 11 heteroatoms. The van der Waals surface area contributed by atoms with E-state index in [9.17, 15) is 12.8 Å². The highest BCUT2D eigenvalue weighted by Gasteiger charge is 2.25. The van der Waals surface area contributed by atoms with Gasteiger partial charge in [-0.15, -0.1) is 0 Å². The SMILES string of the molecule is O=CO.O=S(=O)(c1cccc(F)c1)n1cc(N2CCNCC2)c2nc(Cl)ccc21. The Morgan fingerprint density at radius 1 is 1.21 bits per heavy atom. The minimum Gasteiger partial charge on any atom is -0.483 e. The number of anilines is 1. The zero-order chi connectivity index (χ0) is 21.0. The topological polar surface area (TPSA) is 105 Å². The van der Waals surface area contributed by atoms with Crippen LogP contribution in [0, 0.1) is 5.82 Å². The van der Waals surface area contributed by atoms with Crippen LogP contribution >= 0.6 is 11.6 Å². The van der Waals surface area contributed by atoms with Crippen molar-refractivity contribution in [2.75, 3.05) is 31.1 Å². The maximum absolute atomic E-state index is 13.6. The van der Waals surface area contributed by atoms with Gasteiger partial charge in [0.15, 0.2) is 0 Å². The number of piperazine rings is 1. The van der Waals surface area contributed by atoms with E-state index >= 15 is 0 Å². The molecule has 0 amide bonds. The highest BCUT2D eigenvalue weighted by molar-refractivity contribution is 7.90. The third-order valence-electron chi connectivity index (χ3n) is 4.37. The molecule has 3 aromatic rings. The van der Waals surface area contributed by atoms with Gasteiger partial charge < -0.3 is 15.3 Å². The molecule has 1 aromatic carbocycles. The van der Waals surface area contributed by atoms with Crippen molar-refractivity contribution < 1.29 is 22.7 Å². The van der Waals surface area contributed by atoms with Crippen molar-refractivity contribution in [1.82, 2.24) is 14.3 Å². The number of hydrogen-bond donors (Lipinski definition) is 2. The molecule has 1 saturated heterocycles. The van der Waals surface area contributed by atoms with Crippen LogP contribution in [0.4, 0.5) is 10.1 Å². The average Bonchev–Trinajstić information content (AvgIpc) is 3.09. The van der Waals surface area contributed by atoms with E-state index in [1.807, 2.05) is 0 Å². The molecule has 8 nitrogen and oxygen atoms in total. The number of pyridine rings is 1. The van der Waals surface area contributed by atoms with Gasteiger partial charge >= 0.3 is 0 Å². The molecule has 29 heavy (non-hydrogen) atoms. The van der Waals surface area contributed by atoms with Crippen molar-refractivity contribution in [3.8, 4) is 0 Å². The van der Waals surface area contributed by atoms with Crippen molar-refractivity contribution in [3.05, 3.63) is 53.6 Å². The summed E-state index contributed by atoms with van der Waals surface area (Å²) in [5, 5.41) is 10.4. The van der Waals surface area contributed by atoms with Gasteiger partial charge in [0.1, 0.15) is 16.5 Å². The molecular formula is C18H18ClFN4O4S. The second-order valence-electron chi connectivity index (χ2n) is 6.12.